The van der Waals surface area contributed by atoms with Crippen LogP contribution in [0, 0.1) is 38.5 Å². The van der Waals surface area contributed by atoms with Crippen LogP contribution in [0.2, 0.25) is 0 Å². The Hall–Kier alpha value is -2.61. The fourth-order valence-electron chi connectivity index (χ4n) is 6.02. The molecule has 4 aliphatic carbocycles. The number of allylic oxidation sites excluding steroid dienone is 4. The number of rotatable bonds is 2. The molecule has 0 aromatic heterocycles. The molecule has 2 heteroatoms. The van der Waals surface area contributed by atoms with Gasteiger partial charge in [-0.05, 0) is 67.2 Å². The zero-order chi connectivity index (χ0) is 19.4. The molecule has 0 unspecified atom stereocenters. The maximum absolute atomic E-state index is 13.5. The van der Waals surface area contributed by atoms with Crippen molar-refractivity contribution in [3.8, 4) is 0 Å². The van der Waals surface area contributed by atoms with Crippen molar-refractivity contribution in [1.29, 1.82) is 0 Å². The lowest BCUT2D eigenvalue weighted by Gasteiger charge is -2.52. The first kappa shape index (κ1) is 17.5. The zero-order valence-corrected chi connectivity index (χ0v) is 16.8. The molecule has 0 heterocycles. The second-order valence-corrected chi connectivity index (χ2v) is 8.79. The number of hydrogen-bond acceptors (Lipinski definition) is 1. The summed E-state index contributed by atoms with van der Waals surface area (Å²) < 4.78 is 0. The number of aryl methyl sites for hydroxylation is 3. The van der Waals surface area contributed by atoms with Crippen molar-refractivity contribution < 1.29 is 4.79 Å². The largest absolute Gasteiger partial charge is 0.325 e. The first-order chi connectivity index (χ1) is 13.5. The van der Waals surface area contributed by atoms with Crippen LogP contribution >= 0.6 is 0 Å². The second-order valence-electron chi connectivity index (χ2n) is 8.79. The van der Waals surface area contributed by atoms with Crippen LogP contribution in [0.1, 0.15) is 46.1 Å². The Kier molecular flexibility index (Phi) is 4.04. The summed E-state index contributed by atoms with van der Waals surface area (Å²) in [7, 11) is 0. The van der Waals surface area contributed by atoms with Gasteiger partial charge in [-0.1, -0.05) is 66.3 Å². The molecule has 1 N–H and O–H groups in total. The quantitative estimate of drug-likeness (QED) is 0.711. The highest BCUT2D eigenvalue weighted by Crippen LogP contribution is 2.59. The number of carbonyl (C=O) groups excluding carboxylic acids is 1. The molecule has 0 aliphatic heterocycles. The van der Waals surface area contributed by atoms with Crippen molar-refractivity contribution in [1.82, 2.24) is 0 Å². The van der Waals surface area contributed by atoms with E-state index in [1.165, 1.54) is 16.7 Å². The molecule has 2 bridgehead atoms. The van der Waals surface area contributed by atoms with Gasteiger partial charge in [0, 0.05) is 17.5 Å². The van der Waals surface area contributed by atoms with Gasteiger partial charge < -0.3 is 5.32 Å². The fraction of sp³-hybridized carbons (Fsp3) is 0.346. The number of nitrogens with one attached hydrogen (secondary N) is 1. The average molecular weight is 370 g/mol. The third-order valence-electron chi connectivity index (χ3n) is 7.06. The molecule has 0 saturated heterocycles. The Morgan fingerprint density at radius 2 is 1.57 bits per heavy atom. The van der Waals surface area contributed by atoms with Gasteiger partial charge >= 0.3 is 0 Å². The minimum absolute atomic E-state index is 0.0254. The Bertz CT molecular complexity index is 992. The van der Waals surface area contributed by atoms with Gasteiger partial charge in [0.05, 0.1) is 0 Å². The summed E-state index contributed by atoms with van der Waals surface area (Å²) in [4.78, 5) is 13.5. The molecule has 6 rings (SSSR count). The Labute approximate surface area is 167 Å². The highest BCUT2D eigenvalue weighted by molar-refractivity contribution is 5.95. The van der Waals surface area contributed by atoms with Crippen LogP contribution in [0.15, 0.2) is 60.7 Å². The average Bonchev–Trinajstić information content (AvgIpc) is 2.70. The molecule has 1 saturated carbocycles. The van der Waals surface area contributed by atoms with Crippen LogP contribution in [0.25, 0.3) is 0 Å². The van der Waals surface area contributed by atoms with Crippen molar-refractivity contribution in [2.75, 3.05) is 5.32 Å². The molecule has 28 heavy (non-hydrogen) atoms. The maximum Gasteiger partial charge on any atom is 0.228 e. The normalized spacial score (nSPS) is 29.3. The summed E-state index contributed by atoms with van der Waals surface area (Å²) in [5.41, 5.74) is 7.36. The van der Waals surface area contributed by atoms with Gasteiger partial charge in [0.1, 0.15) is 0 Å². The highest BCUT2D eigenvalue weighted by Gasteiger charge is 2.52. The molecule has 0 radical (unpaired) electrons. The summed E-state index contributed by atoms with van der Waals surface area (Å²) >= 11 is 0. The molecular formula is C26H27NO. The minimum Gasteiger partial charge on any atom is -0.325 e. The second kappa shape index (κ2) is 6.48. The van der Waals surface area contributed by atoms with E-state index in [0.29, 0.717) is 17.8 Å². The summed E-state index contributed by atoms with van der Waals surface area (Å²) in [5, 5.41) is 3.31. The molecule has 2 nitrogen and oxygen atoms in total. The van der Waals surface area contributed by atoms with E-state index in [-0.39, 0.29) is 17.7 Å². The van der Waals surface area contributed by atoms with Gasteiger partial charge in [-0.25, -0.2) is 0 Å². The van der Waals surface area contributed by atoms with E-state index < -0.39 is 0 Å². The predicted molar refractivity (Wildman–Crippen MR) is 115 cm³/mol. The first-order valence-corrected chi connectivity index (χ1v) is 10.4. The van der Waals surface area contributed by atoms with Crippen molar-refractivity contribution in [3.63, 3.8) is 0 Å². The molecule has 5 atom stereocenters. The number of benzene rings is 2. The predicted octanol–water partition coefficient (Wildman–Crippen LogP) is 5.81. The van der Waals surface area contributed by atoms with Crippen molar-refractivity contribution in [3.05, 3.63) is 88.5 Å². The van der Waals surface area contributed by atoms with Gasteiger partial charge in [0.2, 0.25) is 5.91 Å². The Morgan fingerprint density at radius 3 is 2.29 bits per heavy atom. The van der Waals surface area contributed by atoms with Crippen molar-refractivity contribution >= 4 is 11.6 Å². The van der Waals surface area contributed by atoms with Crippen LogP contribution in [0.4, 0.5) is 5.69 Å². The van der Waals surface area contributed by atoms with E-state index in [2.05, 4.69) is 86.8 Å². The van der Waals surface area contributed by atoms with Gasteiger partial charge in [-0.15, -0.1) is 0 Å². The summed E-state index contributed by atoms with van der Waals surface area (Å²) in [6.07, 6.45) is 9.98. The van der Waals surface area contributed by atoms with E-state index in [1.54, 1.807) is 0 Å². The topological polar surface area (TPSA) is 29.1 Å². The lowest BCUT2D eigenvalue weighted by atomic mass is 9.51. The van der Waals surface area contributed by atoms with E-state index in [0.717, 1.165) is 23.2 Å². The van der Waals surface area contributed by atoms with E-state index in [1.807, 2.05) is 0 Å². The SMILES string of the molecule is Cc1cc(C)c(NC(=O)[C@@H]2C[C@@H]3c4ccccc4[C@@H]2[C@H]2C=CC=C[C@@H]23)c(C)c1. The number of fused-ring (bicyclic) bond motifs is 1. The molecule has 4 aliphatic rings. The van der Waals surface area contributed by atoms with Gasteiger partial charge in [-0.2, -0.15) is 0 Å². The van der Waals surface area contributed by atoms with Crippen LogP contribution in [-0.2, 0) is 4.79 Å². The summed E-state index contributed by atoms with van der Waals surface area (Å²) in [5.74, 6) is 1.85. The molecule has 2 aromatic rings. The molecule has 1 amide bonds. The van der Waals surface area contributed by atoms with Crippen molar-refractivity contribution in [2.45, 2.75) is 39.0 Å². The van der Waals surface area contributed by atoms with E-state index in [4.69, 9.17) is 0 Å². The number of anilines is 1. The maximum atomic E-state index is 13.5. The molecule has 0 spiro atoms. The number of carbonyl (C=O) groups is 1. The van der Waals surface area contributed by atoms with E-state index in [9.17, 15) is 4.79 Å². The van der Waals surface area contributed by atoms with E-state index >= 15 is 0 Å². The molecular weight excluding hydrogens is 342 g/mol. The first-order valence-electron chi connectivity index (χ1n) is 10.4. The van der Waals surface area contributed by atoms with Gasteiger partial charge in [0.15, 0.2) is 0 Å². The zero-order valence-electron chi connectivity index (χ0n) is 16.8. The smallest absolute Gasteiger partial charge is 0.228 e. The van der Waals surface area contributed by atoms with Gasteiger partial charge in [0.25, 0.3) is 0 Å². The number of hydrogen-bond donors (Lipinski definition) is 1. The van der Waals surface area contributed by atoms with Gasteiger partial charge in [-0.3, -0.25) is 4.79 Å². The minimum atomic E-state index is 0.0254. The third-order valence-corrected chi connectivity index (χ3v) is 7.06. The number of amides is 1. The van der Waals surface area contributed by atoms with Crippen LogP contribution in [0.5, 0.6) is 0 Å². The molecule has 1 fully saturated rings. The van der Waals surface area contributed by atoms with Crippen molar-refractivity contribution in [2.24, 2.45) is 17.8 Å². The molecule has 2 aromatic carbocycles. The third kappa shape index (κ3) is 2.58. The van der Waals surface area contributed by atoms with Crippen LogP contribution in [0.3, 0.4) is 0 Å². The van der Waals surface area contributed by atoms with Crippen LogP contribution in [-0.4, -0.2) is 5.91 Å². The highest BCUT2D eigenvalue weighted by atomic mass is 16.1. The summed E-state index contributed by atoms with van der Waals surface area (Å²) in [6, 6.07) is 13.1. The fourth-order valence-corrected chi connectivity index (χ4v) is 6.02. The summed E-state index contributed by atoms with van der Waals surface area (Å²) in [6.45, 7) is 6.27. The lowest BCUT2D eigenvalue weighted by Crippen LogP contribution is -2.46. The van der Waals surface area contributed by atoms with Crippen LogP contribution < -0.4 is 5.32 Å². The monoisotopic (exact) mass is 369 g/mol. The molecule has 142 valence electrons. The standard InChI is InChI=1S/C26H27NO/c1-15-12-16(2)25(17(3)13-15)27-26(28)23-14-22-18-8-4-6-10-20(18)24(23)21-11-7-5-9-19(21)22/h4-13,18,20,22-24H,14H2,1-3H3,(H,27,28)/t18-,20-,22-,23+,24-/m0/s1. The lowest BCUT2D eigenvalue weighted by molar-refractivity contribution is -0.122. The Morgan fingerprint density at radius 1 is 0.929 bits per heavy atom. The Balaban J connectivity index is 1.51.